The van der Waals surface area contributed by atoms with E-state index in [-0.39, 0.29) is 22.6 Å². The van der Waals surface area contributed by atoms with Crippen molar-refractivity contribution in [2.75, 3.05) is 22.9 Å². The summed E-state index contributed by atoms with van der Waals surface area (Å²) in [5.74, 6) is 0.151. The maximum absolute atomic E-state index is 12.7. The summed E-state index contributed by atoms with van der Waals surface area (Å²) >= 11 is 0. The third-order valence-corrected chi connectivity index (χ3v) is 11.3. The number of anilines is 2. The Balaban J connectivity index is 1.01. The summed E-state index contributed by atoms with van der Waals surface area (Å²) in [6.45, 7) is 14.1. The van der Waals surface area contributed by atoms with E-state index in [0.29, 0.717) is 13.1 Å². The molecule has 7 aromatic rings. The van der Waals surface area contributed by atoms with Crippen LogP contribution in [-0.2, 0) is 20.4 Å². The van der Waals surface area contributed by atoms with E-state index in [1.54, 1.807) is 9.80 Å². The van der Waals surface area contributed by atoms with Gasteiger partial charge in [0.2, 0.25) is 11.8 Å². The van der Waals surface area contributed by atoms with Crippen LogP contribution in [0.3, 0.4) is 0 Å². The molecule has 4 heterocycles. The molecule has 2 fully saturated rings. The molecule has 0 radical (unpaired) electrons. The van der Waals surface area contributed by atoms with Gasteiger partial charge in [0.1, 0.15) is 13.1 Å². The maximum atomic E-state index is 12.7. The largest absolute Gasteiger partial charge is 0.301 e. The molecule has 0 bridgehead atoms. The maximum Gasteiger partial charge on any atom is 0.247 e. The van der Waals surface area contributed by atoms with E-state index in [9.17, 15) is 9.59 Å². The van der Waals surface area contributed by atoms with Crippen molar-refractivity contribution in [2.45, 2.75) is 52.4 Å². The first-order chi connectivity index (χ1) is 27.8. The van der Waals surface area contributed by atoms with Crippen LogP contribution in [0.1, 0.15) is 52.7 Å². The van der Waals surface area contributed by atoms with Gasteiger partial charge in [0.15, 0.2) is 0 Å². The Morgan fingerprint density at radius 2 is 0.741 bits per heavy atom. The minimum Gasteiger partial charge on any atom is -0.301 e. The molecule has 58 heavy (non-hydrogen) atoms. The molecule has 2 amide bonds. The van der Waals surface area contributed by atoms with Crippen LogP contribution in [0.5, 0.6) is 0 Å². The predicted octanol–water partition coefficient (Wildman–Crippen LogP) is 11.8. The molecule has 6 nitrogen and oxygen atoms in total. The number of aromatic nitrogens is 2. The second kappa shape index (κ2) is 14.1. The normalized spacial score (nSPS) is 13.9. The number of carbonyl (C=O) groups is 2. The zero-order valence-corrected chi connectivity index (χ0v) is 33.9. The zero-order valence-electron chi connectivity index (χ0n) is 33.9. The monoisotopic (exact) mass is 758 g/mol. The fourth-order valence-corrected chi connectivity index (χ4v) is 7.99. The van der Waals surface area contributed by atoms with Gasteiger partial charge in [-0.05, 0) is 68.5 Å². The summed E-state index contributed by atoms with van der Waals surface area (Å²) in [4.78, 5) is 38.7. The van der Waals surface area contributed by atoms with Crippen LogP contribution in [0.15, 0.2) is 146 Å². The van der Waals surface area contributed by atoms with Gasteiger partial charge in [0.05, 0.1) is 22.8 Å². The van der Waals surface area contributed by atoms with Crippen molar-refractivity contribution in [3.05, 3.63) is 157 Å². The Hall–Kier alpha value is -6.66. The summed E-state index contributed by atoms with van der Waals surface area (Å²) in [5.41, 5.74) is 16.4. The Morgan fingerprint density at radius 3 is 1.05 bits per heavy atom. The van der Waals surface area contributed by atoms with Gasteiger partial charge in [-0.15, -0.1) is 0 Å². The lowest BCUT2D eigenvalue weighted by Crippen LogP contribution is -2.12. The molecule has 2 saturated heterocycles. The van der Waals surface area contributed by atoms with E-state index in [1.165, 1.54) is 22.3 Å². The highest BCUT2D eigenvalue weighted by Crippen LogP contribution is 2.46. The van der Waals surface area contributed by atoms with Crippen LogP contribution in [0, 0.1) is 0 Å². The molecular weight excluding hydrogens is 713 g/mol. The van der Waals surface area contributed by atoms with Crippen molar-refractivity contribution in [3.8, 4) is 67.0 Å². The molecule has 0 atom stereocenters. The third kappa shape index (κ3) is 7.11. The topological polar surface area (TPSA) is 65.9 Å². The Labute approximate surface area is 340 Å². The van der Waals surface area contributed by atoms with Crippen molar-refractivity contribution in [3.63, 3.8) is 0 Å². The van der Waals surface area contributed by atoms with Crippen molar-refractivity contribution in [1.29, 1.82) is 0 Å². The van der Waals surface area contributed by atoms with Crippen LogP contribution < -0.4 is 9.80 Å². The molecule has 0 N–H and O–H groups in total. The van der Waals surface area contributed by atoms with Gasteiger partial charge in [-0.1, -0.05) is 151 Å². The van der Waals surface area contributed by atoms with Crippen LogP contribution in [0.25, 0.3) is 67.0 Å². The fraction of sp³-hybridized carbons (Fsp3) is 0.192. The van der Waals surface area contributed by atoms with Gasteiger partial charge in [-0.2, -0.15) is 0 Å². The fourth-order valence-electron chi connectivity index (χ4n) is 7.99. The average molecular weight is 759 g/mol. The van der Waals surface area contributed by atoms with Crippen LogP contribution in [0.4, 0.5) is 11.4 Å². The van der Waals surface area contributed by atoms with Gasteiger partial charge < -0.3 is 9.80 Å². The minimum absolute atomic E-state index is 0.0177. The first kappa shape index (κ1) is 36.9. The number of amides is 2. The lowest BCUT2D eigenvalue weighted by atomic mass is 9.82. The number of pyridine rings is 2. The number of rotatable bonds is 8. The molecule has 9 rings (SSSR count). The van der Waals surface area contributed by atoms with Gasteiger partial charge in [0, 0.05) is 45.8 Å². The second-order valence-corrected chi connectivity index (χ2v) is 17.5. The third-order valence-electron chi connectivity index (χ3n) is 11.3. The van der Waals surface area contributed by atoms with E-state index in [0.717, 1.165) is 67.3 Å². The molecule has 6 heteroatoms. The highest BCUT2D eigenvalue weighted by Gasteiger charge is 2.38. The molecule has 0 aliphatic carbocycles. The molecule has 0 saturated carbocycles. The first-order valence-electron chi connectivity index (χ1n) is 20.0. The lowest BCUT2D eigenvalue weighted by molar-refractivity contribution is -0.110. The number of benzene rings is 5. The summed E-state index contributed by atoms with van der Waals surface area (Å²) in [6.07, 6.45) is 3.91. The number of hydrogen-bond acceptors (Lipinski definition) is 4. The quantitative estimate of drug-likeness (QED) is 0.145. The number of hydrogen-bond donors (Lipinski definition) is 0. The summed E-state index contributed by atoms with van der Waals surface area (Å²) in [6, 6.07) is 46.2. The SMILES string of the molecule is CC(C)(C)c1ccccc1-c1ccc(-c2ccc(-c3cc(N4CC4=O)c(-c4ccc(-c5ccc(-c6ccccc6C(C)(C)C)cn5)cc4)cc3N3CC3=O)cc2)nc1. The highest BCUT2D eigenvalue weighted by molar-refractivity contribution is 6.18. The van der Waals surface area contributed by atoms with Gasteiger partial charge in [-0.25, -0.2) is 0 Å². The smallest absolute Gasteiger partial charge is 0.247 e. The van der Waals surface area contributed by atoms with Gasteiger partial charge in [-0.3, -0.25) is 19.6 Å². The Kier molecular flexibility index (Phi) is 8.96. The van der Waals surface area contributed by atoms with E-state index >= 15 is 0 Å². The molecule has 0 spiro atoms. The van der Waals surface area contributed by atoms with Crippen molar-refractivity contribution in [1.82, 2.24) is 9.97 Å². The summed E-state index contributed by atoms with van der Waals surface area (Å²) in [7, 11) is 0. The lowest BCUT2D eigenvalue weighted by Gasteiger charge is -2.23. The molecular formula is C52H46N4O2. The first-order valence-corrected chi connectivity index (χ1v) is 20.0. The molecule has 2 aliphatic heterocycles. The van der Waals surface area contributed by atoms with Crippen LogP contribution >= 0.6 is 0 Å². The van der Waals surface area contributed by atoms with Crippen molar-refractivity contribution in [2.24, 2.45) is 0 Å². The Bertz CT molecular complexity index is 2510. The van der Waals surface area contributed by atoms with Crippen molar-refractivity contribution >= 4 is 23.2 Å². The van der Waals surface area contributed by atoms with E-state index < -0.39 is 0 Å². The zero-order chi connectivity index (χ0) is 40.3. The van der Waals surface area contributed by atoms with Crippen molar-refractivity contribution < 1.29 is 9.59 Å². The minimum atomic E-state index is 0.0177. The molecule has 2 aliphatic rings. The number of carbonyl (C=O) groups excluding carboxylic acids is 2. The van der Waals surface area contributed by atoms with Crippen LogP contribution in [-0.4, -0.2) is 34.9 Å². The Morgan fingerprint density at radius 1 is 0.414 bits per heavy atom. The summed E-state index contributed by atoms with van der Waals surface area (Å²) < 4.78 is 0. The van der Waals surface area contributed by atoms with Crippen LogP contribution in [0.2, 0.25) is 0 Å². The predicted molar refractivity (Wildman–Crippen MR) is 237 cm³/mol. The van der Waals surface area contributed by atoms with Gasteiger partial charge >= 0.3 is 0 Å². The summed E-state index contributed by atoms with van der Waals surface area (Å²) in [5, 5.41) is 0. The molecule has 2 aromatic heterocycles. The molecule has 286 valence electrons. The standard InChI is InChI=1S/C52H46N4O2/c1-51(2,3)43-13-9-7-11-39(43)37-23-25-45(53-29-37)35-19-15-33(16-20-35)41-27-48(56-32-50(56)58)42(28-47(41)55-31-49(55)57)34-17-21-36(22-18-34)46-26-24-38(30-54-46)40-12-8-10-14-44(40)52(4,5)6/h7-30H,31-32H2,1-6H3. The molecule has 0 unspecified atom stereocenters. The van der Waals surface area contributed by atoms with E-state index in [2.05, 4.69) is 175 Å². The van der Waals surface area contributed by atoms with Gasteiger partial charge in [0.25, 0.3) is 0 Å². The van der Waals surface area contributed by atoms with E-state index in [1.807, 2.05) is 12.4 Å². The highest BCUT2D eigenvalue weighted by atomic mass is 16.2. The molecule has 5 aromatic carbocycles. The number of nitrogens with zero attached hydrogens (tertiary/aromatic N) is 4. The second-order valence-electron chi connectivity index (χ2n) is 17.5. The average Bonchev–Trinajstić information content (AvgIpc) is 4.16. The van der Waals surface area contributed by atoms with E-state index in [4.69, 9.17) is 9.97 Å².